The lowest BCUT2D eigenvalue weighted by molar-refractivity contribution is -0.137. The second kappa shape index (κ2) is 8.66. The predicted molar refractivity (Wildman–Crippen MR) is 117 cm³/mol. The maximum Gasteiger partial charge on any atom is 0.416 e. The van der Waals surface area contributed by atoms with Crippen LogP contribution in [0.15, 0.2) is 41.4 Å². The van der Waals surface area contributed by atoms with Gasteiger partial charge in [-0.15, -0.1) is 5.10 Å². The summed E-state index contributed by atoms with van der Waals surface area (Å²) in [5.41, 5.74) is -1.68. The van der Waals surface area contributed by atoms with Gasteiger partial charge in [-0.2, -0.15) is 17.9 Å². The first-order valence-corrected chi connectivity index (χ1v) is 12.4. The molecule has 3 aromatic rings. The minimum Gasteiger partial charge on any atom is -0.342 e. The van der Waals surface area contributed by atoms with Crippen molar-refractivity contribution < 1.29 is 26.4 Å². The molecular weight excluding hydrogens is 495 g/mol. The smallest absolute Gasteiger partial charge is 0.342 e. The SMILES string of the molecule is C[C@H](NC(=O)c1cc(C(F)(F)F)cc(S(C)(=O)=O)c1)c1nc(C2CC2)nn1-c1ccc(Cl)cn1. The van der Waals surface area contributed by atoms with Crippen molar-refractivity contribution in [2.45, 2.75) is 42.8 Å². The molecule has 2 heterocycles. The van der Waals surface area contributed by atoms with Crippen molar-refractivity contribution in [3.05, 3.63) is 64.3 Å². The van der Waals surface area contributed by atoms with Gasteiger partial charge in [0.05, 0.1) is 21.5 Å². The van der Waals surface area contributed by atoms with Crippen molar-refractivity contribution in [3.63, 3.8) is 0 Å². The number of alkyl halides is 3. The molecule has 13 heteroatoms. The van der Waals surface area contributed by atoms with Gasteiger partial charge in [-0.3, -0.25) is 4.79 Å². The van der Waals surface area contributed by atoms with Crippen LogP contribution in [0.4, 0.5) is 13.2 Å². The molecule has 0 aliphatic heterocycles. The molecular formula is C21H19ClF3N5O3S. The lowest BCUT2D eigenvalue weighted by Gasteiger charge is -2.16. The van der Waals surface area contributed by atoms with Gasteiger partial charge in [-0.05, 0) is 50.1 Å². The molecule has 2 aromatic heterocycles. The second-order valence-corrected chi connectivity index (χ2v) is 10.5. The predicted octanol–water partition coefficient (Wildman–Crippen LogP) is 4.11. The molecule has 1 N–H and O–H groups in total. The van der Waals surface area contributed by atoms with Crippen molar-refractivity contribution >= 4 is 27.3 Å². The molecule has 8 nitrogen and oxygen atoms in total. The van der Waals surface area contributed by atoms with Gasteiger partial charge >= 0.3 is 6.18 Å². The summed E-state index contributed by atoms with van der Waals surface area (Å²) in [7, 11) is -3.99. The molecule has 180 valence electrons. The lowest BCUT2D eigenvalue weighted by Crippen LogP contribution is -2.29. The Hall–Kier alpha value is -2.99. The van der Waals surface area contributed by atoms with Crippen LogP contribution < -0.4 is 5.32 Å². The van der Waals surface area contributed by atoms with E-state index < -0.39 is 44.0 Å². The summed E-state index contributed by atoms with van der Waals surface area (Å²) < 4.78 is 65.2. The third-order valence-corrected chi connectivity index (χ3v) is 6.49. The van der Waals surface area contributed by atoms with Gasteiger partial charge in [0, 0.05) is 23.9 Å². The van der Waals surface area contributed by atoms with Gasteiger partial charge in [-0.25, -0.2) is 18.4 Å². The van der Waals surface area contributed by atoms with Crippen LogP contribution in [0.25, 0.3) is 5.82 Å². The monoisotopic (exact) mass is 513 g/mol. The van der Waals surface area contributed by atoms with Crippen molar-refractivity contribution in [1.82, 2.24) is 25.1 Å². The third kappa shape index (κ3) is 5.22. The molecule has 4 rings (SSSR count). The second-order valence-electron chi connectivity index (χ2n) is 8.06. The minimum atomic E-state index is -4.83. The highest BCUT2D eigenvalue weighted by Crippen LogP contribution is 2.39. The molecule has 1 aromatic carbocycles. The van der Waals surface area contributed by atoms with E-state index in [1.807, 2.05) is 0 Å². The average Bonchev–Trinajstić information content (AvgIpc) is 3.51. The third-order valence-electron chi connectivity index (χ3n) is 5.18. The van der Waals surface area contributed by atoms with E-state index in [0.717, 1.165) is 25.2 Å². The first kappa shape index (κ1) is 24.1. The van der Waals surface area contributed by atoms with Crippen LogP contribution in [-0.4, -0.2) is 40.3 Å². The Morgan fingerprint density at radius 2 is 1.94 bits per heavy atom. The molecule has 0 radical (unpaired) electrons. The van der Waals surface area contributed by atoms with Gasteiger partial charge in [0.25, 0.3) is 5.91 Å². The van der Waals surface area contributed by atoms with Crippen molar-refractivity contribution in [2.24, 2.45) is 0 Å². The Morgan fingerprint density at radius 1 is 1.24 bits per heavy atom. The van der Waals surface area contributed by atoms with E-state index in [0.29, 0.717) is 34.6 Å². The number of nitrogens with one attached hydrogen (secondary N) is 1. The molecule has 0 saturated heterocycles. The molecule has 1 aliphatic carbocycles. The molecule has 1 amide bonds. The number of halogens is 4. The lowest BCUT2D eigenvalue weighted by atomic mass is 10.1. The molecule has 0 spiro atoms. The zero-order valence-electron chi connectivity index (χ0n) is 18.0. The van der Waals surface area contributed by atoms with Gasteiger partial charge in [0.15, 0.2) is 27.3 Å². The Kier molecular flexibility index (Phi) is 6.15. The number of amides is 1. The summed E-state index contributed by atoms with van der Waals surface area (Å²) in [6.07, 6.45) is -0.778. The van der Waals surface area contributed by atoms with Gasteiger partial charge in [0.2, 0.25) is 0 Å². The standard InChI is InChI=1S/C21H19ClF3N5O3S/c1-11(19-28-18(12-3-4-12)29-30(19)17-6-5-15(22)10-26-17)27-20(31)13-7-14(21(23,24)25)9-16(8-13)34(2,32)33/h5-12H,3-4H2,1-2H3,(H,27,31)/t11-/m0/s1. The zero-order valence-corrected chi connectivity index (χ0v) is 19.5. The fourth-order valence-electron chi connectivity index (χ4n) is 3.25. The number of hydrogen-bond donors (Lipinski definition) is 1. The summed E-state index contributed by atoms with van der Waals surface area (Å²) in [5, 5.41) is 7.49. The molecule has 1 fully saturated rings. The first-order valence-electron chi connectivity index (χ1n) is 10.1. The summed E-state index contributed by atoms with van der Waals surface area (Å²) in [6.45, 7) is 1.59. The number of hydrogen-bond acceptors (Lipinski definition) is 6. The Balaban J connectivity index is 1.68. The maximum absolute atomic E-state index is 13.3. The number of aromatic nitrogens is 4. The van der Waals surface area contributed by atoms with Crippen LogP contribution in [0.2, 0.25) is 5.02 Å². The zero-order chi connectivity index (χ0) is 24.8. The van der Waals surface area contributed by atoms with Gasteiger partial charge < -0.3 is 5.32 Å². The largest absolute Gasteiger partial charge is 0.416 e. The molecule has 1 atom stereocenters. The minimum absolute atomic E-state index is 0.191. The summed E-state index contributed by atoms with van der Waals surface area (Å²) in [4.78, 5) is 21.0. The van der Waals surface area contributed by atoms with Crippen LogP contribution >= 0.6 is 11.6 Å². The number of rotatable bonds is 6. The normalized spacial score (nSPS) is 15.2. The van der Waals surface area contributed by atoms with E-state index in [2.05, 4.69) is 20.4 Å². The van der Waals surface area contributed by atoms with Crippen LogP contribution in [0.3, 0.4) is 0 Å². The van der Waals surface area contributed by atoms with Crippen LogP contribution in [0, 0.1) is 0 Å². The van der Waals surface area contributed by atoms with E-state index >= 15 is 0 Å². The van der Waals surface area contributed by atoms with Gasteiger partial charge in [-0.1, -0.05) is 11.6 Å². The van der Waals surface area contributed by atoms with Crippen LogP contribution in [0.5, 0.6) is 0 Å². The number of benzene rings is 1. The van der Waals surface area contributed by atoms with E-state index in [9.17, 15) is 26.4 Å². The van der Waals surface area contributed by atoms with E-state index in [1.165, 1.54) is 10.9 Å². The number of sulfone groups is 1. The number of carbonyl (C=O) groups is 1. The highest BCUT2D eigenvalue weighted by molar-refractivity contribution is 7.90. The van der Waals surface area contributed by atoms with Crippen LogP contribution in [-0.2, 0) is 16.0 Å². The Labute approximate surface area is 198 Å². The Morgan fingerprint density at radius 3 is 2.50 bits per heavy atom. The first-order chi connectivity index (χ1) is 15.8. The summed E-state index contributed by atoms with van der Waals surface area (Å²) in [6, 6.07) is 4.47. The fourth-order valence-corrected chi connectivity index (χ4v) is 4.04. The number of pyridine rings is 1. The highest BCUT2D eigenvalue weighted by Gasteiger charge is 2.34. The number of carbonyl (C=O) groups excluding carboxylic acids is 1. The molecule has 1 aliphatic rings. The average molecular weight is 514 g/mol. The van der Waals surface area contributed by atoms with E-state index in [-0.39, 0.29) is 5.92 Å². The quantitative estimate of drug-likeness (QED) is 0.531. The fraction of sp³-hybridized carbons (Fsp3) is 0.333. The van der Waals surface area contributed by atoms with Crippen molar-refractivity contribution in [1.29, 1.82) is 0 Å². The molecule has 0 bridgehead atoms. The van der Waals surface area contributed by atoms with Crippen molar-refractivity contribution in [3.8, 4) is 5.82 Å². The van der Waals surface area contributed by atoms with Gasteiger partial charge in [0.1, 0.15) is 0 Å². The maximum atomic E-state index is 13.3. The molecule has 34 heavy (non-hydrogen) atoms. The topological polar surface area (TPSA) is 107 Å². The van der Waals surface area contributed by atoms with Crippen LogP contribution in [0.1, 0.15) is 59.3 Å². The highest BCUT2D eigenvalue weighted by atomic mass is 35.5. The molecule has 0 unspecified atom stereocenters. The van der Waals surface area contributed by atoms with Crippen molar-refractivity contribution in [2.75, 3.05) is 6.26 Å². The summed E-state index contributed by atoms with van der Waals surface area (Å²) >= 11 is 5.91. The Bertz CT molecular complexity index is 1350. The van der Waals surface area contributed by atoms with E-state index in [4.69, 9.17) is 11.6 Å². The van der Waals surface area contributed by atoms with E-state index in [1.54, 1.807) is 19.1 Å². The molecule has 1 saturated carbocycles. The number of nitrogens with zero attached hydrogens (tertiary/aromatic N) is 4. The summed E-state index contributed by atoms with van der Waals surface area (Å²) in [5.74, 6) is 0.594.